The van der Waals surface area contributed by atoms with E-state index in [4.69, 9.17) is 4.74 Å². The summed E-state index contributed by atoms with van der Waals surface area (Å²) in [6.07, 6.45) is 3.81. The molecule has 2 atom stereocenters. The Kier molecular flexibility index (Phi) is 3.24. The lowest BCUT2D eigenvalue weighted by Crippen LogP contribution is -2.45. The fourth-order valence-electron chi connectivity index (χ4n) is 3.75. The van der Waals surface area contributed by atoms with Crippen LogP contribution in [0.25, 0.3) is 0 Å². The van der Waals surface area contributed by atoms with Crippen LogP contribution >= 0.6 is 0 Å². The van der Waals surface area contributed by atoms with Gasteiger partial charge in [0.2, 0.25) is 0 Å². The first kappa shape index (κ1) is 13.2. The maximum atomic E-state index is 12.1. The summed E-state index contributed by atoms with van der Waals surface area (Å²) in [5.41, 5.74) is -0.380. The monoisotopic (exact) mass is 266 g/mol. The van der Waals surface area contributed by atoms with Crippen LogP contribution in [0.3, 0.4) is 0 Å². The van der Waals surface area contributed by atoms with Gasteiger partial charge >= 0.3 is 6.09 Å². The lowest BCUT2D eigenvalue weighted by atomic mass is 10.0. The summed E-state index contributed by atoms with van der Waals surface area (Å²) < 4.78 is 5.47. The number of rotatable bonds is 1. The van der Waals surface area contributed by atoms with Crippen molar-refractivity contribution in [2.24, 2.45) is 11.8 Å². The Morgan fingerprint density at radius 3 is 2.11 bits per heavy atom. The largest absolute Gasteiger partial charge is 0.444 e. The van der Waals surface area contributed by atoms with Gasteiger partial charge in [-0.2, -0.15) is 0 Å². The van der Waals surface area contributed by atoms with E-state index in [1.165, 1.54) is 32.4 Å². The minimum atomic E-state index is -0.380. The van der Waals surface area contributed by atoms with Gasteiger partial charge in [-0.25, -0.2) is 4.79 Å². The van der Waals surface area contributed by atoms with E-state index in [1.807, 2.05) is 25.7 Å². The fourth-order valence-corrected chi connectivity index (χ4v) is 3.75. The predicted octanol–water partition coefficient (Wildman–Crippen LogP) is 2.34. The normalized spacial score (nSPS) is 35.1. The molecule has 0 bridgehead atoms. The molecule has 2 unspecified atom stereocenters. The highest BCUT2D eigenvalue weighted by Gasteiger charge is 2.45. The molecule has 2 heterocycles. The maximum absolute atomic E-state index is 12.1. The number of carbonyl (C=O) groups is 1. The first-order chi connectivity index (χ1) is 8.92. The van der Waals surface area contributed by atoms with Crippen LogP contribution in [0, 0.1) is 11.8 Å². The number of hydrogen-bond acceptors (Lipinski definition) is 3. The van der Waals surface area contributed by atoms with Crippen molar-refractivity contribution in [3.63, 3.8) is 0 Å². The molecule has 0 aromatic heterocycles. The molecule has 1 aliphatic carbocycles. The number of fused-ring (bicyclic) bond motifs is 1. The summed E-state index contributed by atoms with van der Waals surface area (Å²) in [6, 6.07) is 0.796. The molecule has 0 spiro atoms. The molecule has 0 aromatic rings. The van der Waals surface area contributed by atoms with Crippen LogP contribution in [0.2, 0.25) is 0 Å². The lowest BCUT2D eigenvalue weighted by molar-refractivity contribution is 0.0269. The van der Waals surface area contributed by atoms with Crippen molar-refractivity contribution in [3.05, 3.63) is 0 Å². The summed E-state index contributed by atoms with van der Waals surface area (Å²) in [7, 11) is 0. The molecule has 1 amide bonds. The fraction of sp³-hybridized carbons (Fsp3) is 0.933. The van der Waals surface area contributed by atoms with Crippen LogP contribution in [-0.2, 0) is 4.74 Å². The van der Waals surface area contributed by atoms with Crippen LogP contribution in [-0.4, -0.2) is 53.7 Å². The molecular weight excluding hydrogens is 240 g/mol. The molecule has 0 N–H and O–H groups in total. The quantitative estimate of drug-likeness (QED) is 0.730. The molecule has 19 heavy (non-hydrogen) atoms. The number of hydrogen-bond donors (Lipinski definition) is 0. The van der Waals surface area contributed by atoms with E-state index in [0.29, 0.717) is 11.8 Å². The van der Waals surface area contributed by atoms with Crippen molar-refractivity contribution in [1.29, 1.82) is 0 Å². The number of amides is 1. The van der Waals surface area contributed by atoms with Crippen molar-refractivity contribution in [1.82, 2.24) is 9.80 Å². The summed E-state index contributed by atoms with van der Waals surface area (Å²) in [6.45, 7) is 10.2. The van der Waals surface area contributed by atoms with Crippen LogP contribution in [0.4, 0.5) is 4.79 Å². The minimum absolute atomic E-state index is 0.123. The Morgan fingerprint density at radius 2 is 1.68 bits per heavy atom. The van der Waals surface area contributed by atoms with Crippen molar-refractivity contribution < 1.29 is 9.53 Å². The molecule has 1 saturated carbocycles. The van der Waals surface area contributed by atoms with E-state index in [9.17, 15) is 4.79 Å². The first-order valence-corrected chi connectivity index (χ1v) is 7.64. The lowest BCUT2D eigenvalue weighted by Gasteiger charge is -2.37. The number of carbonyl (C=O) groups excluding carboxylic acids is 1. The third-order valence-electron chi connectivity index (χ3n) is 4.78. The molecule has 3 fully saturated rings. The van der Waals surface area contributed by atoms with Crippen LogP contribution in [0.5, 0.6) is 0 Å². The third-order valence-corrected chi connectivity index (χ3v) is 4.78. The van der Waals surface area contributed by atoms with Crippen molar-refractivity contribution in [3.8, 4) is 0 Å². The smallest absolute Gasteiger partial charge is 0.410 e. The van der Waals surface area contributed by atoms with Crippen LogP contribution in [0.1, 0.15) is 40.0 Å². The van der Waals surface area contributed by atoms with Gasteiger partial charge in [-0.05, 0) is 65.0 Å². The van der Waals surface area contributed by atoms with Crippen molar-refractivity contribution in [2.75, 3.05) is 26.2 Å². The van der Waals surface area contributed by atoms with Crippen LogP contribution in [0.15, 0.2) is 0 Å². The molecule has 0 radical (unpaired) electrons. The topological polar surface area (TPSA) is 32.8 Å². The molecule has 2 saturated heterocycles. The van der Waals surface area contributed by atoms with Gasteiger partial charge in [0.15, 0.2) is 0 Å². The van der Waals surface area contributed by atoms with E-state index in [-0.39, 0.29) is 11.7 Å². The van der Waals surface area contributed by atoms with Crippen LogP contribution < -0.4 is 0 Å². The van der Waals surface area contributed by atoms with E-state index in [0.717, 1.165) is 19.1 Å². The molecule has 3 aliphatic rings. The second-order valence-electron chi connectivity index (χ2n) is 7.42. The Bertz CT molecular complexity index is 346. The average molecular weight is 266 g/mol. The zero-order chi connectivity index (χ0) is 13.6. The van der Waals surface area contributed by atoms with Gasteiger partial charge in [-0.3, -0.25) is 0 Å². The molecule has 0 aromatic carbocycles. The standard InChI is InChI=1S/C15H26N2O2/c1-15(2,3)19-14(18)17-9-11-7-13(8-12(11)10-17)16-5-4-6-16/h11-13H,4-10H2,1-3H3. The zero-order valence-corrected chi connectivity index (χ0v) is 12.4. The highest BCUT2D eigenvalue weighted by molar-refractivity contribution is 5.68. The predicted molar refractivity (Wildman–Crippen MR) is 74.0 cm³/mol. The second kappa shape index (κ2) is 4.65. The van der Waals surface area contributed by atoms with Gasteiger partial charge < -0.3 is 14.5 Å². The van der Waals surface area contributed by atoms with Gasteiger partial charge in [-0.15, -0.1) is 0 Å². The van der Waals surface area contributed by atoms with Crippen molar-refractivity contribution in [2.45, 2.75) is 51.7 Å². The Hall–Kier alpha value is -0.770. The number of nitrogens with zero attached hydrogens (tertiary/aromatic N) is 2. The van der Waals surface area contributed by atoms with Gasteiger partial charge in [0.25, 0.3) is 0 Å². The highest BCUT2D eigenvalue weighted by Crippen LogP contribution is 2.41. The summed E-state index contributed by atoms with van der Waals surface area (Å²) in [5.74, 6) is 1.41. The van der Waals surface area contributed by atoms with E-state index in [2.05, 4.69) is 4.90 Å². The Balaban J connectivity index is 1.51. The Morgan fingerprint density at radius 1 is 1.11 bits per heavy atom. The second-order valence-corrected chi connectivity index (χ2v) is 7.42. The molecule has 4 heteroatoms. The van der Waals surface area contributed by atoms with E-state index < -0.39 is 0 Å². The zero-order valence-electron chi connectivity index (χ0n) is 12.4. The summed E-state index contributed by atoms with van der Waals surface area (Å²) >= 11 is 0. The van der Waals surface area contributed by atoms with E-state index in [1.54, 1.807) is 0 Å². The first-order valence-electron chi connectivity index (χ1n) is 7.64. The third kappa shape index (κ3) is 2.73. The molecule has 108 valence electrons. The van der Waals surface area contributed by atoms with Crippen molar-refractivity contribution >= 4 is 6.09 Å². The van der Waals surface area contributed by atoms with E-state index >= 15 is 0 Å². The molecular formula is C15H26N2O2. The molecule has 3 rings (SSSR count). The summed E-state index contributed by atoms with van der Waals surface area (Å²) in [5, 5.41) is 0. The Labute approximate surface area is 116 Å². The van der Waals surface area contributed by atoms with Gasteiger partial charge in [0.1, 0.15) is 5.60 Å². The highest BCUT2D eigenvalue weighted by atomic mass is 16.6. The molecule has 2 aliphatic heterocycles. The van der Waals surface area contributed by atoms with Gasteiger partial charge in [0, 0.05) is 19.1 Å². The maximum Gasteiger partial charge on any atom is 0.410 e. The number of likely N-dealkylation sites (tertiary alicyclic amines) is 2. The van der Waals surface area contributed by atoms with Gasteiger partial charge in [0.05, 0.1) is 0 Å². The summed E-state index contributed by atoms with van der Waals surface area (Å²) in [4.78, 5) is 16.6. The van der Waals surface area contributed by atoms with Gasteiger partial charge in [-0.1, -0.05) is 0 Å². The SMILES string of the molecule is CC(C)(C)OC(=O)N1CC2CC(N3CCC3)CC2C1. The minimum Gasteiger partial charge on any atom is -0.444 e. The average Bonchev–Trinajstić information content (AvgIpc) is 2.68. The number of ether oxygens (including phenoxy) is 1. The molecule has 4 nitrogen and oxygen atoms in total.